The second-order valence-corrected chi connectivity index (χ2v) is 6.72. The van der Waals surface area contributed by atoms with Crippen LogP contribution in [0.5, 0.6) is 0 Å². The van der Waals surface area contributed by atoms with Crippen LogP contribution < -0.4 is 0 Å². The van der Waals surface area contributed by atoms with E-state index in [9.17, 15) is 14.9 Å². The molecule has 1 aliphatic heterocycles. The number of benzene rings is 1. The van der Waals surface area contributed by atoms with Crippen molar-refractivity contribution in [3.8, 4) is 6.07 Å². The van der Waals surface area contributed by atoms with Gasteiger partial charge in [0, 0.05) is 0 Å². The summed E-state index contributed by atoms with van der Waals surface area (Å²) in [6, 6.07) is 9.90. The van der Waals surface area contributed by atoms with Crippen LogP contribution in [0, 0.1) is 11.3 Å². The first kappa shape index (κ1) is 17.8. The van der Waals surface area contributed by atoms with Gasteiger partial charge in [-0.25, -0.2) is 9.59 Å². The second-order valence-electron chi connectivity index (χ2n) is 6.72. The first-order valence-corrected chi connectivity index (χ1v) is 7.93. The third kappa shape index (κ3) is 4.48. The van der Waals surface area contributed by atoms with Gasteiger partial charge in [-0.3, -0.25) is 4.90 Å². The lowest BCUT2D eigenvalue weighted by molar-refractivity contribution is -0.150. The quantitative estimate of drug-likeness (QED) is 0.796. The summed E-state index contributed by atoms with van der Waals surface area (Å²) in [4.78, 5) is 26.0. The zero-order chi connectivity index (χ0) is 17.7. The molecule has 6 nitrogen and oxygen atoms in total. The fraction of sp³-hybridized carbons (Fsp3) is 0.500. The van der Waals surface area contributed by atoms with Crippen LogP contribution >= 0.6 is 0 Å². The van der Waals surface area contributed by atoms with Crippen molar-refractivity contribution >= 4 is 12.1 Å². The summed E-state index contributed by atoms with van der Waals surface area (Å²) in [6.45, 7) is 5.36. The third-order valence-corrected chi connectivity index (χ3v) is 3.63. The average Bonchev–Trinajstić information content (AvgIpc) is 2.96. The van der Waals surface area contributed by atoms with E-state index in [0.29, 0.717) is 12.8 Å². The normalized spacial score (nSPS) is 20.3. The molecule has 6 heteroatoms. The monoisotopic (exact) mass is 330 g/mol. The maximum atomic E-state index is 12.4. The summed E-state index contributed by atoms with van der Waals surface area (Å²) in [5, 5.41) is 9.24. The molecule has 1 saturated heterocycles. The number of esters is 1. The Morgan fingerprint density at radius 3 is 2.50 bits per heavy atom. The Kier molecular flexibility index (Phi) is 5.45. The average molecular weight is 330 g/mol. The number of carbonyl (C=O) groups is 2. The molecule has 2 atom stereocenters. The highest BCUT2D eigenvalue weighted by Gasteiger charge is 2.44. The van der Waals surface area contributed by atoms with Gasteiger partial charge in [-0.15, -0.1) is 0 Å². The SMILES string of the molecule is CC(C)(C)OC(=O)N1[C@H](C#N)CC[C@@H]1C(=O)OCc1ccccc1. The van der Waals surface area contributed by atoms with Gasteiger partial charge >= 0.3 is 12.1 Å². The molecule has 0 N–H and O–H groups in total. The van der Waals surface area contributed by atoms with Crippen LogP contribution in [0.25, 0.3) is 0 Å². The van der Waals surface area contributed by atoms with Gasteiger partial charge in [0.2, 0.25) is 0 Å². The molecule has 0 unspecified atom stereocenters. The van der Waals surface area contributed by atoms with Crippen LogP contribution in [0.4, 0.5) is 4.79 Å². The van der Waals surface area contributed by atoms with E-state index in [0.717, 1.165) is 5.56 Å². The van der Waals surface area contributed by atoms with E-state index in [1.165, 1.54) is 4.90 Å². The highest BCUT2D eigenvalue weighted by molar-refractivity contribution is 5.82. The zero-order valence-electron chi connectivity index (χ0n) is 14.2. The minimum absolute atomic E-state index is 0.134. The fourth-order valence-electron chi connectivity index (χ4n) is 2.56. The Morgan fingerprint density at radius 2 is 1.92 bits per heavy atom. The summed E-state index contributed by atoms with van der Waals surface area (Å²) in [5.41, 5.74) is 0.169. The molecule has 128 valence electrons. The van der Waals surface area contributed by atoms with Gasteiger partial charge in [0.05, 0.1) is 6.07 Å². The Labute approximate surface area is 142 Å². The van der Waals surface area contributed by atoms with Crippen LogP contribution in [0.1, 0.15) is 39.2 Å². The van der Waals surface area contributed by atoms with Gasteiger partial charge in [-0.2, -0.15) is 5.26 Å². The molecule has 1 amide bonds. The maximum absolute atomic E-state index is 12.4. The molecule has 0 aromatic heterocycles. The minimum atomic E-state index is -0.784. The van der Waals surface area contributed by atoms with Crippen molar-refractivity contribution in [3.63, 3.8) is 0 Å². The summed E-state index contributed by atoms with van der Waals surface area (Å²) in [7, 11) is 0. The van der Waals surface area contributed by atoms with Crippen LogP contribution in [0.15, 0.2) is 30.3 Å². The Balaban J connectivity index is 2.05. The topological polar surface area (TPSA) is 79.6 Å². The Hall–Kier alpha value is -2.55. The number of amides is 1. The molecule has 1 aliphatic rings. The summed E-state index contributed by atoms with van der Waals surface area (Å²) in [5.74, 6) is -0.512. The number of rotatable bonds is 3. The van der Waals surface area contributed by atoms with Gasteiger partial charge < -0.3 is 9.47 Å². The fourth-order valence-corrected chi connectivity index (χ4v) is 2.56. The zero-order valence-corrected chi connectivity index (χ0v) is 14.2. The Bertz CT molecular complexity index is 631. The van der Waals surface area contributed by atoms with Gasteiger partial charge in [0.1, 0.15) is 24.3 Å². The molecule has 0 spiro atoms. The van der Waals surface area contributed by atoms with E-state index in [1.807, 2.05) is 30.3 Å². The number of nitriles is 1. The number of nitrogens with zero attached hydrogens (tertiary/aromatic N) is 2. The van der Waals surface area contributed by atoms with Crippen molar-refractivity contribution in [3.05, 3.63) is 35.9 Å². The largest absolute Gasteiger partial charge is 0.459 e. The number of ether oxygens (including phenoxy) is 2. The van der Waals surface area contributed by atoms with Gasteiger partial charge in [-0.1, -0.05) is 30.3 Å². The van der Waals surface area contributed by atoms with Crippen LogP contribution in [-0.2, 0) is 20.9 Å². The van der Waals surface area contributed by atoms with Crippen molar-refractivity contribution in [2.45, 2.75) is 57.9 Å². The smallest absolute Gasteiger partial charge is 0.412 e. The molecular weight excluding hydrogens is 308 g/mol. The van der Waals surface area contributed by atoms with Crippen LogP contribution in [0.3, 0.4) is 0 Å². The van der Waals surface area contributed by atoms with Crippen LogP contribution in [-0.4, -0.2) is 34.6 Å². The molecular formula is C18H22N2O4. The number of hydrogen-bond acceptors (Lipinski definition) is 5. The first-order valence-electron chi connectivity index (χ1n) is 7.93. The first-order chi connectivity index (χ1) is 11.3. The van der Waals surface area contributed by atoms with Crippen molar-refractivity contribution in [1.82, 2.24) is 4.90 Å². The van der Waals surface area contributed by atoms with E-state index in [2.05, 4.69) is 6.07 Å². The predicted molar refractivity (Wildman–Crippen MR) is 86.7 cm³/mol. The molecule has 0 aliphatic carbocycles. The molecule has 24 heavy (non-hydrogen) atoms. The molecule has 0 radical (unpaired) electrons. The highest BCUT2D eigenvalue weighted by atomic mass is 16.6. The van der Waals surface area contributed by atoms with E-state index >= 15 is 0 Å². The minimum Gasteiger partial charge on any atom is -0.459 e. The van der Waals surface area contributed by atoms with E-state index in [1.54, 1.807) is 20.8 Å². The Morgan fingerprint density at radius 1 is 1.25 bits per heavy atom. The number of hydrogen-bond donors (Lipinski definition) is 0. The van der Waals surface area contributed by atoms with Crippen molar-refractivity contribution < 1.29 is 19.1 Å². The lowest BCUT2D eigenvalue weighted by Gasteiger charge is -2.29. The van der Waals surface area contributed by atoms with Gasteiger partial charge in [0.15, 0.2) is 0 Å². The number of carbonyl (C=O) groups excluding carboxylic acids is 2. The predicted octanol–water partition coefficient (Wildman–Crippen LogP) is 3.02. The maximum Gasteiger partial charge on any atom is 0.412 e. The lowest BCUT2D eigenvalue weighted by atomic mass is 10.2. The number of likely N-dealkylation sites (tertiary alicyclic amines) is 1. The standard InChI is InChI=1S/C18H22N2O4/c1-18(2,3)24-17(22)20-14(11-19)9-10-15(20)16(21)23-12-13-7-5-4-6-8-13/h4-8,14-15H,9-10,12H2,1-3H3/t14-,15+/m0/s1. The molecule has 1 fully saturated rings. The third-order valence-electron chi connectivity index (χ3n) is 3.63. The van der Waals surface area contributed by atoms with E-state index in [-0.39, 0.29) is 6.61 Å². The van der Waals surface area contributed by atoms with Crippen molar-refractivity contribution in [1.29, 1.82) is 5.26 Å². The lowest BCUT2D eigenvalue weighted by Crippen LogP contribution is -2.47. The molecule has 0 saturated carbocycles. The van der Waals surface area contributed by atoms with E-state index in [4.69, 9.17) is 9.47 Å². The molecule has 1 aromatic carbocycles. The summed E-state index contributed by atoms with van der Waals surface area (Å²) < 4.78 is 10.6. The second kappa shape index (κ2) is 7.35. The summed E-state index contributed by atoms with van der Waals surface area (Å²) in [6.07, 6.45) is 0.166. The van der Waals surface area contributed by atoms with E-state index < -0.39 is 29.7 Å². The molecule has 1 aromatic rings. The van der Waals surface area contributed by atoms with Gasteiger partial charge in [-0.05, 0) is 39.2 Å². The van der Waals surface area contributed by atoms with Crippen molar-refractivity contribution in [2.75, 3.05) is 0 Å². The van der Waals surface area contributed by atoms with Crippen molar-refractivity contribution in [2.24, 2.45) is 0 Å². The van der Waals surface area contributed by atoms with Gasteiger partial charge in [0.25, 0.3) is 0 Å². The molecule has 1 heterocycles. The van der Waals surface area contributed by atoms with Crippen LogP contribution in [0.2, 0.25) is 0 Å². The summed E-state index contributed by atoms with van der Waals surface area (Å²) >= 11 is 0. The molecule has 2 rings (SSSR count). The molecule has 0 bridgehead atoms. The highest BCUT2D eigenvalue weighted by Crippen LogP contribution is 2.27.